The number of ether oxygens (including phenoxy) is 1. The molecule has 0 aromatic heterocycles. The molecule has 0 saturated heterocycles. The van der Waals surface area contributed by atoms with Crippen LogP contribution in [0.3, 0.4) is 0 Å². The molecule has 0 aliphatic carbocycles. The van der Waals surface area contributed by atoms with Gasteiger partial charge in [0.2, 0.25) is 5.91 Å². The molecule has 2 rings (SSSR count). The molecule has 1 amide bonds. The van der Waals surface area contributed by atoms with E-state index in [0.29, 0.717) is 19.1 Å². The first-order valence-corrected chi connectivity index (χ1v) is 7.36. The van der Waals surface area contributed by atoms with Crippen molar-refractivity contribution in [1.82, 2.24) is 5.32 Å². The monoisotopic (exact) mass is 276 g/mol. The molecule has 2 N–H and O–H groups in total. The molecule has 0 radical (unpaired) electrons. The topological polar surface area (TPSA) is 50.4 Å². The van der Waals surface area contributed by atoms with Crippen LogP contribution in [0.2, 0.25) is 0 Å². The van der Waals surface area contributed by atoms with E-state index < -0.39 is 0 Å². The summed E-state index contributed by atoms with van der Waals surface area (Å²) in [6.45, 7) is 6.27. The molecule has 1 aliphatic heterocycles. The Labute approximate surface area is 120 Å². The van der Waals surface area contributed by atoms with Gasteiger partial charge in [-0.05, 0) is 24.0 Å². The summed E-state index contributed by atoms with van der Waals surface area (Å²) in [4.78, 5) is 12.0. The van der Waals surface area contributed by atoms with Crippen LogP contribution in [0.5, 0.6) is 0 Å². The molecule has 0 saturated carbocycles. The molecule has 20 heavy (non-hydrogen) atoms. The number of anilines is 1. The summed E-state index contributed by atoms with van der Waals surface area (Å²) >= 11 is 0. The van der Waals surface area contributed by atoms with Crippen molar-refractivity contribution in [2.45, 2.75) is 32.7 Å². The van der Waals surface area contributed by atoms with Gasteiger partial charge < -0.3 is 15.4 Å². The van der Waals surface area contributed by atoms with Crippen LogP contribution in [0.15, 0.2) is 24.3 Å². The Balaban J connectivity index is 1.62. The normalized spacial score (nSPS) is 16.9. The zero-order valence-corrected chi connectivity index (χ0v) is 12.3. The number of carbonyl (C=O) groups is 1. The van der Waals surface area contributed by atoms with E-state index in [4.69, 9.17) is 4.74 Å². The summed E-state index contributed by atoms with van der Waals surface area (Å²) < 4.78 is 5.48. The SMILES string of the molecule is CC(C)CCOCCNC(=O)[C@@H]1Cc2ccccc2N1. The first-order valence-electron chi connectivity index (χ1n) is 7.36. The Hall–Kier alpha value is -1.55. The lowest BCUT2D eigenvalue weighted by molar-refractivity contribution is -0.121. The summed E-state index contributed by atoms with van der Waals surface area (Å²) in [5.74, 6) is 0.708. The van der Waals surface area contributed by atoms with Gasteiger partial charge in [0, 0.05) is 25.3 Å². The van der Waals surface area contributed by atoms with Gasteiger partial charge in [-0.1, -0.05) is 32.0 Å². The lowest BCUT2D eigenvalue weighted by atomic mass is 10.1. The van der Waals surface area contributed by atoms with Crippen LogP contribution in [0.1, 0.15) is 25.8 Å². The van der Waals surface area contributed by atoms with E-state index in [1.807, 2.05) is 18.2 Å². The summed E-state index contributed by atoms with van der Waals surface area (Å²) in [5.41, 5.74) is 2.28. The third-order valence-electron chi connectivity index (χ3n) is 3.47. The number of fused-ring (bicyclic) bond motifs is 1. The van der Waals surface area contributed by atoms with Crippen LogP contribution < -0.4 is 10.6 Å². The molecule has 1 atom stereocenters. The molecule has 0 bridgehead atoms. The van der Waals surface area contributed by atoms with Crippen molar-refractivity contribution in [3.05, 3.63) is 29.8 Å². The van der Waals surface area contributed by atoms with Gasteiger partial charge >= 0.3 is 0 Å². The third kappa shape index (κ3) is 4.23. The Bertz CT molecular complexity index is 421. The van der Waals surface area contributed by atoms with Gasteiger partial charge in [-0.2, -0.15) is 0 Å². The number of rotatable bonds is 7. The van der Waals surface area contributed by atoms with Gasteiger partial charge in [-0.25, -0.2) is 0 Å². The van der Waals surface area contributed by atoms with E-state index in [1.54, 1.807) is 0 Å². The third-order valence-corrected chi connectivity index (χ3v) is 3.47. The number of benzene rings is 1. The summed E-state index contributed by atoms with van der Waals surface area (Å²) in [6, 6.07) is 7.91. The van der Waals surface area contributed by atoms with E-state index in [9.17, 15) is 4.79 Å². The van der Waals surface area contributed by atoms with Crippen molar-refractivity contribution in [2.75, 3.05) is 25.1 Å². The van der Waals surface area contributed by atoms with Gasteiger partial charge in [0.05, 0.1) is 6.61 Å². The van der Waals surface area contributed by atoms with E-state index >= 15 is 0 Å². The van der Waals surface area contributed by atoms with Crippen molar-refractivity contribution in [1.29, 1.82) is 0 Å². The van der Waals surface area contributed by atoms with Gasteiger partial charge in [0.1, 0.15) is 6.04 Å². The molecule has 1 heterocycles. The minimum absolute atomic E-state index is 0.0497. The fourth-order valence-corrected chi connectivity index (χ4v) is 2.25. The number of para-hydroxylation sites is 1. The molecule has 110 valence electrons. The Kier molecular flexibility index (Phi) is 5.41. The molecular weight excluding hydrogens is 252 g/mol. The summed E-state index contributed by atoms with van der Waals surface area (Å²) in [5, 5.41) is 6.17. The predicted molar refractivity (Wildman–Crippen MR) is 80.8 cm³/mol. The molecule has 0 fully saturated rings. The van der Waals surface area contributed by atoms with Crippen LogP contribution in [0, 0.1) is 5.92 Å². The molecule has 1 aromatic carbocycles. The molecule has 1 aromatic rings. The average Bonchev–Trinajstić information content (AvgIpc) is 2.86. The highest BCUT2D eigenvalue weighted by atomic mass is 16.5. The standard InChI is InChI=1S/C16H24N2O2/c1-12(2)7-9-20-10-8-17-16(19)15-11-13-5-3-4-6-14(13)18-15/h3-6,12,15,18H,7-11H2,1-2H3,(H,17,19)/t15-/m0/s1. The minimum Gasteiger partial charge on any atom is -0.380 e. The van der Waals surface area contributed by atoms with Crippen molar-refractivity contribution in [2.24, 2.45) is 5.92 Å². The maximum Gasteiger partial charge on any atom is 0.242 e. The van der Waals surface area contributed by atoms with Crippen LogP contribution in [0.4, 0.5) is 5.69 Å². The van der Waals surface area contributed by atoms with Gasteiger partial charge in [0.25, 0.3) is 0 Å². The highest BCUT2D eigenvalue weighted by Gasteiger charge is 2.25. The fourth-order valence-electron chi connectivity index (χ4n) is 2.25. The molecule has 4 nitrogen and oxygen atoms in total. The second-order valence-electron chi connectivity index (χ2n) is 5.64. The van der Waals surface area contributed by atoms with Crippen molar-refractivity contribution in [3.63, 3.8) is 0 Å². The van der Waals surface area contributed by atoms with Crippen LogP contribution in [0.25, 0.3) is 0 Å². The second kappa shape index (κ2) is 7.29. The second-order valence-corrected chi connectivity index (χ2v) is 5.64. The summed E-state index contributed by atoms with van der Waals surface area (Å²) in [6.07, 6.45) is 1.82. The van der Waals surface area contributed by atoms with Crippen molar-refractivity contribution >= 4 is 11.6 Å². The number of hydrogen-bond acceptors (Lipinski definition) is 3. The first kappa shape index (κ1) is 14.9. The highest BCUT2D eigenvalue weighted by molar-refractivity contribution is 5.87. The Morgan fingerprint density at radius 1 is 1.40 bits per heavy atom. The maximum absolute atomic E-state index is 12.0. The predicted octanol–water partition coefficient (Wildman–Crippen LogP) is 2.20. The van der Waals surface area contributed by atoms with Crippen LogP contribution >= 0.6 is 0 Å². The zero-order chi connectivity index (χ0) is 14.4. The first-order chi connectivity index (χ1) is 9.66. The van der Waals surface area contributed by atoms with E-state index in [0.717, 1.165) is 25.1 Å². The number of carbonyl (C=O) groups excluding carboxylic acids is 1. The molecule has 0 spiro atoms. The fraction of sp³-hybridized carbons (Fsp3) is 0.562. The molecule has 0 unspecified atom stereocenters. The Morgan fingerprint density at radius 2 is 2.20 bits per heavy atom. The van der Waals surface area contributed by atoms with Gasteiger partial charge in [-0.15, -0.1) is 0 Å². The largest absolute Gasteiger partial charge is 0.380 e. The summed E-state index contributed by atoms with van der Waals surface area (Å²) in [7, 11) is 0. The van der Waals surface area contributed by atoms with E-state index in [1.165, 1.54) is 5.56 Å². The van der Waals surface area contributed by atoms with Crippen molar-refractivity contribution in [3.8, 4) is 0 Å². The smallest absolute Gasteiger partial charge is 0.242 e. The molecule has 4 heteroatoms. The van der Waals surface area contributed by atoms with E-state index in [2.05, 4.69) is 30.5 Å². The average molecular weight is 276 g/mol. The van der Waals surface area contributed by atoms with Crippen LogP contribution in [-0.4, -0.2) is 31.7 Å². The lowest BCUT2D eigenvalue weighted by Gasteiger charge is -2.12. The highest BCUT2D eigenvalue weighted by Crippen LogP contribution is 2.24. The van der Waals surface area contributed by atoms with Gasteiger partial charge in [-0.3, -0.25) is 4.79 Å². The maximum atomic E-state index is 12.0. The van der Waals surface area contributed by atoms with Crippen molar-refractivity contribution < 1.29 is 9.53 Å². The lowest BCUT2D eigenvalue weighted by Crippen LogP contribution is -2.39. The molecule has 1 aliphatic rings. The Morgan fingerprint density at radius 3 is 2.95 bits per heavy atom. The number of amides is 1. The number of nitrogens with one attached hydrogen (secondary N) is 2. The molecular formula is C16H24N2O2. The van der Waals surface area contributed by atoms with Gasteiger partial charge in [0.15, 0.2) is 0 Å². The number of hydrogen-bond donors (Lipinski definition) is 2. The van der Waals surface area contributed by atoms with E-state index in [-0.39, 0.29) is 11.9 Å². The quantitative estimate of drug-likeness (QED) is 0.751. The van der Waals surface area contributed by atoms with Crippen LogP contribution in [-0.2, 0) is 16.0 Å². The minimum atomic E-state index is -0.150. The zero-order valence-electron chi connectivity index (χ0n) is 12.3.